The van der Waals surface area contributed by atoms with E-state index in [0.29, 0.717) is 17.8 Å². The van der Waals surface area contributed by atoms with E-state index < -0.39 is 0 Å². The largest absolute Gasteiger partial charge is 0.348 e. The first-order valence-electron chi connectivity index (χ1n) is 10.1. The molecule has 3 atom stereocenters. The molecule has 4 heterocycles. The third kappa shape index (κ3) is 3.14. The Hall–Kier alpha value is -2.18. The first-order chi connectivity index (χ1) is 13.6. The topological polar surface area (TPSA) is 61.0 Å². The van der Waals surface area contributed by atoms with Crippen molar-refractivity contribution >= 4 is 28.1 Å². The van der Waals surface area contributed by atoms with Crippen LogP contribution in [0.1, 0.15) is 48.2 Å². The molecule has 5 rings (SSSR count). The Labute approximate surface area is 169 Å². The van der Waals surface area contributed by atoms with Gasteiger partial charge in [0.15, 0.2) is 5.69 Å². The number of thiophene rings is 1. The summed E-state index contributed by atoms with van der Waals surface area (Å²) in [5.41, 5.74) is 3.81. The molecule has 0 saturated carbocycles. The molecule has 2 saturated heterocycles. The fourth-order valence-electron chi connectivity index (χ4n) is 4.91. The number of aromatic amines is 1. The van der Waals surface area contributed by atoms with Gasteiger partial charge in [0, 0.05) is 28.4 Å². The lowest BCUT2D eigenvalue weighted by Crippen LogP contribution is -2.55. The molecular formula is C22H26N4OS. The molecule has 2 aliphatic heterocycles. The van der Waals surface area contributed by atoms with Crippen molar-refractivity contribution in [3.8, 4) is 10.4 Å². The molecule has 0 radical (unpaired) electrons. The lowest BCUT2D eigenvalue weighted by atomic mass is 9.82. The van der Waals surface area contributed by atoms with Crippen LogP contribution in [0.3, 0.4) is 0 Å². The summed E-state index contributed by atoms with van der Waals surface area (Å²) in [6.45, 7) is 2.10. The van der Waals surface area contributed by atoms with E-state index in [9.17, 15) is 4.79 Å². The summed E-state index contributed by atoms with van der Waals surface area (Å²) in [5.74, 6) is -0.0570. The zero-order valence-electron chi connectivity index (χ0n) is 16.4. The zero-order chi connectivity index (χ0) is 19.3. The van der Waals surface area contributed by atoms with Crippen molar-refractivity contribution < 1.29 is 4.79 Å². The van der Waals surface area contributed by atoms with Gasteiger partial charge in [0.1, 0.15) is 0 Å². The van der Waals surface area contributed by atoms with Crippen molar-refractivity contribution in [1.82, 2.24) is 20.4 Å². The molecule has 1 aromatic carbocycles. The monoisotopic (exact) mass is 394 g/mol. The SMILES string of the molecule is Cc1csc(-c2ccc3[nH]nc(C(=O)N[C@H]4C[C@H]5CCC[C@@H](C4)N5C)c3c2)c1. The van der Waals surface area contributed by atoms with Crippen molar-refractivity contribution in [3.63, 3.8) is 0 Å². The quantitative estimate of drug-likeness (QED) is 0.694. The molecule has 0 spiro atoms. The summed E-state index contributed by atoms with van der Waals surface area (Å²) in [6.07, 6.45) is 5.89. The van der Waals surface area contributed by atoms with E-state index in [1.807, 2.05) is 6.07 Å². The van der Waals surface area contributed by atoms with E-state index >= 15 is 0 Å². The third-order valence-electron chi connectivity index (χ3n) is 6.47. The lowest BCUT2D eigenvalue weighted by Gasteiger charge is -2.47. The van der Waals surface area contributed by atoms with Crippen LogP contribution in [0.5, 0.6) is 0 Å². The van der Waals surface area contributed by atoms with Crippen molar-refractivity contribution in [2.45, 2.75) is 57.2 Å². The normalized spacial score (nSPS) is 25.1. The van der Waals surface area contributed by atoms with Gasteiger partial charge in [-0.3, -0.25) is 9.89 Å². The van der Waals surface area contributed by atoms with Crippen LogP contribution in [0.25, 0.3) is 21.3 Å². The number of piperidine rings is 2. The van der Waals surface area contributed by atoms with Gasteiger partial charge < -0.3 is 10.2 Å². The van der Waals surface area contributed by atoms with E-state index in [1.165, 1.54) is 29.7 Å². The minimum absolute atomic E-state index is 0.0570. The Kier molecular flexibility index (Phi) is 4.48. The first-order valence-corrected chi connectivity index (χ1v) is 11.0. The Morgan fingerprint density at radius 3 is 2.75 bits per heavy atom. The van der Waals surface area contributed by atoms with Crippen molar-refractivity contribution in [1.29, 1.82) is 0 Å². The summed E-state index contributed by atoms with van der Waals surface area (Å²) in [5, 5.41) is 13.7. The molecule has 6 heteroatoms. The Morgan fingerprint density at radius 2 is 2.04 bits per heavy atom. The summed E-state index contributed by atoms with van der Waals surface area (Å²) in [4.78, 5) is 16.8. The number of rotatable bonds is 3. The molecule has 1 amide bonds. The molecule has 0 unspecified atom stereocenters. The van der Waals surface area contributed by atoms with E-state index in [2.05, 4.69) is 58.0 Å². The number of hydrogen-bond donors (Lipinski definition) is 2. The van der Waals surface area contributed by atoms with Gasteiger partial charge in [-0.05, 0) is 74.4 Å². The zero-order valence-corrected chi connectivity index (χ0v) is 17.2. The second-order valence-corrected chi connectivity index (χ2v) is 9.28. The van der Waals surface area contributed by atoms with Crippen LogP contribution in [-0.4, -0.2) is 46.2 Å². The van der Waals surface area contributed by atoms with Crippen LogP contribution in [0.4, 0.5) is 0 Å². The van der Waals surface area contributed by atoms with Gasteiger partial charge in [-0.25, -0.2) is 0 Å². The van der Waals surface area contributed by atoms with E-state index in [-0.39, 0.29) is 11.9 Å². The second kappa shape index (κ2) is 7.01. The summed E-state index contributed by atoms with van der Waals surface area (Å²) >= 11 is 1.73. The van der Waals surface area contributed by atoms with Crippen LogP contribution in [0.2, 0.25) is 0 Å². The molecule has 2 aliphatic rings. The van der Waals surface area contributed by atoms with Gasteiger partial charge in [-0.1, -0.05) is 12.5 Å². The van der Waals surface area contributed by atoms with Crippen LogP contribution in [0.15, 0.2) is 29.6 Å². The number of amides is 1. The number of aromatic nitrogens is 2. The van der Waals surface area contributed by atoms with E-state index in [0.717, 1.165) is 29.3 Å². The molecule has 2 aromatic heterocycles. The molecule has 5 nitrogen and oxygen atoms in total. The van der Waals surface area contributed by atoms with Gasteiger partial charge in [0.25, 0.3) is 5.91 Å². The van der Waals surface area contributed by atoms with Gasteiger partial charge in [-0.2, -0.15) is 5.10 Å². The molecule has 2 bridgehead atoms. The average molecular weight is 395 g/mol. The Balaban J connectivity index is 1.39. The molecule has 3 aromatic rings. The van der Waals surface area contributed by atoms with Crippen LogP contribution < -0.4 is 5.32 Å². The molecular weight excluding hydrogens is 368 g/mol. The minimum atomic E-state index is -0.0570. The molecule has 146 valence electrons. The molecule has 2 N–H and O–H groups in total. The Morgan fingerprint density at radius 1 is 1.25 bits per heavy atom. The average Bonchev–Trinajstić information content (AvgIpc) is 3.28. The number of aryl methyl sites for hydroxylation is 1. The van der Waals surface area contributed by atoms with Crippen molar-refractivity contribution in [2.75, 3.05) is 7.05 Å². The molecule has 0 aliphatic carbocycles. The highest BCUT2D eigenvalue weighted by Crippen LogP contribution is 2.33. The molecule has 2 fully saturated rings. The van der Waals surface area contributed by atoms with Crippen LogP contribution in [-0.2, 0) is 0 Å². The fourth-order valence-corrected chi connectivity index (χ4v) is 5.81. The first kappa shape index (κ1) is 17.9. The van der Waals surface area contributed by atoms with Gasteiger partial charge in [-0.15, -0.1) is 11.3 Å². The smallest absolute Gasteiger partial charge is 0.272 e. The Bertz CT molecular complexity index is 1010. The van der Waals surface area contributed by atoms with Gasteiger partial charge >= 0.3 is 0 Å². The standard InChI is InChI=1S/C22H26N4OS/c1-13-8-20(28-12-13)14-6-7-19-18(9-14)21(25-24-19)22(27)23-15-10-16-4-3-5-17(11-15)26(16)2/h6-9,12,15-17H,3-5,10-11H2,1-2H3,(H,23,27)(H,24,25)/t15-,16+,17-. The highest BCUT2D eigenvalue weighted by Gasteiger charge is 2.36. The lowest BCUT2D eigenvalue weighted by molar-refractivity contribution is 0.0462. The van der Waals surface area contributed by atoms with E-state index in [1.54, 1.807) is 11.3 Å². The summed E-state index contributed by atoms with van der Waals surface area (Å²) in [6, 6.07) is 9.82. The highest BCUT2D eigenvalue weighted by molar-refractivity contribution is 7.13. The highest BCUT2D eigenvalue weighted by atomic mass is 32.1. The number of nitrogens with one attached hydrogen (secondary N) is 2. The number of hydrogen-bond acceptors (Lipinski definition) is 4. The van der Waals surface area contributed by atoms with Crippen LogP contribution >= 0.6 is 11.3 Å². The van der Waals surface area contributed by atoms with Crippen molar-refractivity contribution in [3.05, 3.63) is 40.9 Å². The maximum atomic E-state index is 13.0. The number of fused-ring (bicyclic) bond motifs is 3. The third-order valence-corrected chi connectivity index (χ3v) is 7.57. The van der Waals surface area contributed by atoms with Gasteiger partial charge in [0.05, 0.1) is 5.52 Å². The predicted octanol–water partition coefficient (Wildman–Crippen LogP) is 4.34. The number of nitrogens with zero attached hydrogens (tertiary/aromatic N) is 2. The van der Waals surface area contributed by atoms with Gasteiger partial charge in [0.2, 0.25) is 0 Å². The van der Waals surface area contributed by atoms with Crippen molar-refractivity contribution in [2.24, 2.45) is 0 Å². The predicted molar refractivity (Wildman–Crippen MR) is 114 cm³/mol. The molecule has 28 heavy (non-hydrogen) atoms. The fraction of sp³-hybridized carbons (Fsp3) is 0.455. The number of carbonyl (C=O) groups excluding carboxylic acids is 1. The summed E-state index contributed by atoms with van der Waals surface area (Å²) < 4.78 is 0. The minimum Gasteiger partial charge on any atom is -0.348 e. The second-order valence-electron chi connectivity index (χ2n) is 8.37. The van der Waals surface area contributed by atoms with E-state index in [4.69, 9.17) is 0 Å². The summed E-state index contributed by atoms with van der Waals surface area (Å²) in [7, 11) is 2.24. The number of benzene rings is 1. The maximum Gasteiger partial charge on any atom is 0.272 e. The maximum absolute atomic E-state index is 13.0. The van der Waals surface area contributed by atoms with Crippen LogP contribution in [0, 0.1) is 6.92 Å². The number of carbonyl (C=O) groups is 1. The number of H-pyrrole nitrogens is 1.